The minimum atomic E-state index is -0.674. The first-order chi connectivity index (χ1) is 13.1. The van der Waals surface area contributed by atoms with Gasteiger partial charge in [0.1, 0.15) is 5.56 Å². The number of carbonyl (C=O) groups is 1. The molecular weight excluding hydrogens is 373 g/mol. The Kier molecular flexibility index (Phi) is 5.98. The van der Waals surface area contributed by atoms with Crippen LogP contribution in [-0.2, 0) is 4.79 Å². The van der Waals surface area contributed by atoms with E-state index in [0.29, 0.717) is 29.3 Å². The van der Waals surface area contributed by atoms with Crippen molar-refractivity contribution in [1.29, 1.82) is 0 Å². The van der Waals surface area contributed by atoms with Gasteiger partial charge in [0.2, 0.25) is 5.78 Å². The van der Waals surface area contributed by atoms with Gasteiger partial charge in [0.25, 0.3) is 5.88 Å². The summed E-state index contributed by atoms with van der Waals surface area (Å²) in [7, 11) is 0. The number of hydrogen-bond acceptors (Lipinski definition) is 7. The lowest BCUT2D eigenvalue weighted by Crippen LogP contribution is -2.09. The number of ether oxygens (including phenoxy) is 2. The molecule has 1 aliphatic carbocycles. The molecule has 0 bridgehead atoms. The van der Waals surface area contributed by atoms with Crippen molar-refractivity contribution in [3.63, 3.8) is 0 Å². The van der Waals surface area contributed by atoms with Crippen LogP contribution in [0.1, 0.15) is 54.3 Å². The van der Waals surface area contributed by atoms with Gasteiger partial charge in [0.05, 0.1) is 11.5 Å². The second kappa shape index (κ2) is 8.41. The molecule has 0 radical (unpaired) electrons. The average Bonchev–Trinajstić information content (AvgIpc) is 3.42. The number of nitrogens with zero attached hydrogens (tertiary/aromatic N) is 1. The van der Waals surface area contributed by atoms with E-state index >= 15 is 0 Å². The quantitative estimate of drug-likeness (QED) is 0.275. The lowest BCUT2D eigenvalue weighted by molar-refractivity contribution is 0.103. The van der Waals surface area contributed by atoms with Crippen LogP contribution >= 0.6 is 11.8 Å². The molecule has 1 aliphatic rings. The van der Waals surface area contributed by atoms with Gasteiger partial charge in [-0.25, -0.2) is 9.18 Å². The van der Waals surface area contributed by atoms with Crippen LogP contribution in [0.25, 0.3) is 0 Å². The molecule has 0 N–H and O–H groups in total. The van der Waals surface area contributed by atoms with Crippen molar-refractivity contribution >= 4 is 23.5 Å². The number of aromatic nitrogens is 1. The van der Waals surface area contributed by atoms with E-state index in [4.69, 9.17) is 14.0 Å². The van der Waals surface area contributed by atoms with Crippen molar-refractivity contribution in [3.05, 3.63) is 41.1 Å². The highest BCUT2D eigenvalue weighted by Gasteiger charge is 2.37. The Morgan fingerprint density at radius 2 is 2.22 bits per heavy atom. The van der Waals surface area contributed by atoms with Crippen LogP contribution in [0.15, 0.2) is 27.8 Å². The van der Waals surface area contributed by atoms with Gasteiger partial charge in [-0.1, -0.05) is 6.92 Å². The number of thioether (sulfide) groups is 1. The Morgan fingerprint density at radius 1 is 1.44 bits per heavy atom. The SMILES string of the molecule is CCOc1noc(C2CC2)c1C(=O)c1ccc(F)c(OC=C=O)c1SCC. The molecule has 6 nitrogen and oxygen atoms in total. The van der Waals surface area contributed by atoms with Gasteiger partial charge in [-0.2, -0.15) is 0 Å². The topological polar surface area (TPSA) is 78.6 Å². The van der Waals surface area contributed by atoms with Gasteiger partial charge in [-0.3, -0.25) is 4.79 Å². The lowest BCUT2D eigenvalue weighted by atomic mass is 10.0. The Labute approximate surface area is 159 Å². The van der Waals surface area contributed by atoms with E-state index in [0.717, 1.165) is 18.9 Å². The third-order valence-electron chi connectivity index (χ3n) is 3.97. The summed E-state index contributed by atoms with van der Waals surface area (Å²) >= 11 is 1.24. The molecule has 1 saturated carbocycles. The van der Waals surface area contributed by atoms with E-state index in [-0.39, 0.29) is 34.5 Å². The van der Waals surface area contributed by atoms with Gasteiger partial charge >= 0.3 is 0 Å². The Balaban J connectivity index is 2.12. The zero-order valence-electron chi connectivity index (χ0n) is 14.9. The largest absolute Gasteiger partial charge is 0.475 e. The van der Waals surface area contributed by atoms with Crippen LogP contribution in [0.2, 0.25) is 0 Å². The molecule has 8 heteroatoms. The maximum absolute atomic E-state index is 14.2. The molecule has 1 heterocycles. The summed E-state index contributed by atoms with van der Waals surface area (Å²) in [6.45, 7) is 3.98. The first-order valence-electron chi connectivity index (χ1n) is 8.60. The second-order valence-corrected chi connectivity index (χ2v) is 7.08. The zero-order valence-corrected chi connectivity index (χ0v) is 15.7. The van der Waals surface area contributed by atoms with Crippen molar-refractivity contribution in [2.24, 2.45) is 0 Å². The maximum atomic E-state index is 14.2. The minimum Gasteiger partial charge on any atom is -0.475 e. The standard InChI is InChI=1S/C19H18FNO5S/c1-3-24-19-14(16(26-21-19)11-5-6-11)15(23)12-7-8-13(20)17(25-10-9-22)18(12)27-4-2/h7-8,10-11H,3-6H2,1-2H3. The lowest BCUT2D eigenvalue weighted by Gasteiger charge is -2.13. The van der Waals surface area contributed by atoms with E-state index < -0.39 is 5.82 Å². The summed E-state index contributed by atoms with van der Waals surface area (Å²) in [5.74, 6) is 1.55. The molecular formula is C19H18FNO5S. The van der Waals surface area contributed by atoms with Gasteiger partial charge in [0.15, 0.2) is 29.5 Å². The van der Waals surface area contributed by atoms with Crippen molar-refractivity contribution in [3.8, 4) is 11.6 Å². The summed E-state index contributed by atoms with van der Waals surface area (Å²) in [5.41, 5.74) is 0.504. The van der Waals surface area contributed by atoms with Crippen LogP contribution < -0.4 is 9.47 Å². The van der Waals surface area contributed by atoms with Gasteiger partial charge in [-0.05, 0) is 42.8 Å². The van der Waals surface area contributed by atoms with Crippen LogP contribution in [0.4, 0.5) is 4.39 Å². The summed E-state index contributed by atoms with van der Waals surface area (Å²) in [6.07, 6.45) is 2.55. The average molecular weight is 391 g/mol. The highest BCUT2D eigenvalue weighted by Crippen LogP contribution is 2.45. The third kappa shape index (κ3) is 3.91. The molecule has 0 amide bonds. The fourth-order valence-electron chi connectivity index (χ4n) is 2.69. The monoisotopic (exact) mass is 391 g/mol. The number of benzene rings is 1. The van der Waals surface area contributed by atoms with E-state index in [2.05, 4.69) is 5.16 Å². The fraction of sp³-hybridized carbons (Fsp3) is 0.368. The van der Waals surface area contributed by atoms with Crippen molar-refractivity contribution in [1.82, 2.24) is 5.16 Å². The fourth-order valence-corrected chi connectivity index (χ4v) is 3.57. The van der Waals surface area contributed by atoms with E-state index in [9.17, 15) is 14.0 Å². The number of hydrogen-bond donors (Lipinski definition) is 0. The molecule has 3 rings (SSSR count). The van der Waals surface area contributed by atoms with Gasteiger partial charge < -0.3 is 14.0 Å². The molecule has 2 aromatic rings. The molecule has 0 saturated heterocycles. The van der Waals surface area contributed by atoms with E-state index in [1.807, 2.05) is 6.92 Å². The van der Waals surface area contributed by atoms with E-state index in [1.54, 1.807) is 6.92 Å². The summed E-state index contributed by atoms with van der Waals surface area (Å²) < 4.78 is 30.2. The van der Waals surface area contributed by atoms with Crippen molar-refractivity contribution in [2.45, 2.75) is 37.5 Å². The Bertz CT molecular complexity index is 900. The van der Waals surface area contributed by atoms with Gasteiger partial charge in [-0.15, -0.1) is 11.8 Å². The highest BCUT2D eigenvalue weighted by atomic mass is 32.2. The van der Waals surface area contributed by atoms with Crippen molar-refractivity contribution < 1.29 is 28.0 Å². The van der Waals surface area contributed by atoms with Crippen LogP contribution in [0.5, 0.6) is 11.6 Å². The predicted octanol–water partition coefficient (Wildman–Crippen LogP) is 4.16. The van der Waals surface area contributed by atoms with Crippen LogP contribution in [-0.4, -0.2) is 29.2 Å². The number of halogens is 1. The predicted molar refractivity (Wildman–Crippen MR) is 96.8 cm³/mol. The third-order valence-corrected chi connectivity index (χ3v) is 4.95. The molecule has 1 aromatic heterocycles. The summed E-state index contributed by atoms with van der Waals surface area (Å²) in [5, 5.41) is 3.89. The molecule has 0 atom stereocenters. The first kappa shape index (κ1) is 19.2. The molecule has 0 unspecified atom stereocenters. The van der Waals surface area contributed by atoms with Crippen molar-refractivity contribution in [2.75, 3.05) is 12.4 Å². The molecule has 142 valence electrons. The van der Waals surface area contributed by atoms with Crippen LogP contribution in [0.3, 0.4) is 0 Å². The maximum Gasteiger partial charge on any atom is 0.265 e. The summed E-state index contributed by atoms with van der Waals surface area (Å²) in [4.78, 5) is 24.1. The molecule has 0 spiro atoms. The van der Waals surface area contributed by atoms with Gasteiger partial charge in [0, 0.05) is 11.5 Å². The van der Waals surface area contributed by atoms with E-state index in [1.165, 1.54) is 23.8 Å². The Morgan fingerprint density at radius 3 is 2.85 bits per heavy atom. The number of carbonyl (C=O) groups excluding carboxylic acids is 2. The Hall–Kier alpha value is -2.57. The second-order valence-electron chi connectivity index (χ2n) is 5.80. The number of rotatable bonds is 9. The molecule has 1 fully saturated rings. The highest BCUT2D eigenvalue weighted by molar-refractivity contribution is 7.99. The summed E-state index contributed by atoms with van der Waals surface area (Å²) in [6, 6.07) is 2.53. The number of ketones is 1. The zero-order chi connectivity index (χ0) is 19.4. The minimum absolute atomic E-state index is 0.136. The normalized spacial score (nSPS) is 13.1. The first-order valence-corrected chi connectivity index (χ1v) is 9.59. The smallest absolute Gasteiger partial charge is 0.265 e. The molecule has 1 aromatic carbocycles. The molecule has 27 heavy (non-hydrogen) atoms. The molecule has 0 aliphatic heterocycles. The van der Waals surface area contributed by atoms with Crippen LogP contribution in [0, 0.1) is 5.82 Å².